The number of fused-ring (bicyclic) bond motifs is 1. The Morgan fingerprint density at radius 2 is 1.76 bits per heavy atom. The van der Waals surface area contributed by atoms with E-state index in [2.05, 4.69) is 15.3 Å². The van der Waals surface area contributed by atoms with Gasteiger partial charge < -0.3 is 5.32 Å². The SMILES string of the molecule is O=C(Cc1ccc(C(F)(F)F)cc1)NC1=CCc2ncc(-c3ccncc3)cc21. The summed E-state index contributed by atoms with van der Waals surface area (Å²) < 4.78 is 38.0. The predicted octanol–water partition coefficient (Wildman–Crippen LogP) is 4.42. The number of pyridine rings is 2. The van der Waals surface area contributed by atoms with Gasteiger partial charge in [0.1, 0.15) is 0 Å². The van der Waals surface area contributed by atoms with Crippen LogP contribution in [-0.4, -0.2) is 15.9 Å². The Morgan fingerprint density at radius 1 is 1.03 bits per heavy atom. The molecule has 7 heteroatoms. The van der Waals surface area contributed by atoms with Crippen molar-refractivity contribution in [3.63, 3.8) is 0 Å². The van der Waals surface area contributed by atoms with Gasteiger partial charge in [-0.2, -0.15) is 13.2 Å². The Kier molecular flexibility index (Phi) is 4.88. The van der Waals surface area contributed by atoms with E-state index in [0.717, 1.165) is 34.5 Å². The summed E-state index contributed by atoms with van der Waals surface area (Å²) in [5.41, 5.74) is 4.04. The van der Waals surface area contributed by atoms with Gasteiger partial charge in [-0.25, -0.2) is 0 Å². The highest BCUT2D eigenvalue weighted by Crippen LogP contribution is 2.30. The number of allylic oxidation sites excluding steroid dienone is 1. The average Bonchev–Trinajstić information content (AvgIpc) is 3.10. The summed E-state index contributed by atoms with van der Waals surface area (Å²) in [5.74, 6) is -0.293. The molecule has 0 unspecified atom stereocenters. The topological polar surface area (TPSA) is 54.9 Å². The van der Waals surface area contributed by atoms with Crippen LogP contribution in [0.2, 0.25) is 0 Å². The van der Waals surface area contributed by atoms with Gasteiger partial charge in [0, 0.05) is 41.8 Å². The fourth-order valence-corrected chi connectivity index (χ4v) is 3.21. The maximum absolute atomic E-state index is 12.7. The third kappa shape index (κ3) is 4.18. The number of aromatic nitrogens is 2. The molecule has 1 N–H and O–H groups in total. The van der Waals surface area contributed by atoms with Gasteiger partial charge in [-0.1, -0.05) is 18.2 Å². The molecule has 2 aromatic heterocycles. The first-order valence-electron chi connectivity index (χ1n) is 8.96. The van der Waals surface area contributed by atoms with Crippen LogP contribution in [0.3, 0.4) is 0 Å². The van der Waals surface area contributed by atoms with Gasteiger partial charge in [0.25, 0.3) is 0 Å². The number of halogens is 3. The standard InChI is InChI=1S/C22H16F3N3O/c23-22(24,25)17-3-1-14(2-4-17)11-21(29)28-20-6-5-19-18(20)12-16(13-27-19)15-7-9-26-10-8-15/h1-4,6-10,12-13H,5,11H2,(H,28,29). The predicted molar refractivity (Wildman–Crippen MR) is 102 cm³/mol. The minimum atomic E-state index is -4.39. The second kappa shape index (κ2) is 7.50. The van der Waals surface area contributed by atoms with Crippen molar-refractivity contribution in [3.05, 3.63) is 89.5 Å². The van der Waals surface area contributed by atoms with Crippen LogP contribution in [0.25, 0.3) is 16.8 Å². The Hall–Kier alpha value is -3.48. The zero-order chi connectivity index (χ0) is 20.4. The first kappa shape index (κ1) is 18.9. The number of carbonyl (C=O) groups is 1. The molecule has 3 aromatic rings. The molecule has 0 aliphatic heterocycles. The number of alkyl halides is 3. The number of hydrogen-bond donors (Lipinski definition) is 1. The number of carbonyl (C=O) groups excluding carboxylic acids is 1. The fraction of sp³-hybridized carbons (Fsp3) is 0.136. The normalized spacial score (nSPS) is 13.0. The fourth-order valence-electron chi connectivity index (χ4n) is 3.21. The van der Waals surface area contributed by atoms with Gasteiger partial charge in [0.05, 0.1) is 17.7 Å². The van der Waals surface area contributed by atoms with Crippen LogP contribution in [-0.2, 0) is 23.8 Å². The van der Waals surface area contributed by atoms with Crippen LogP contribution in [0.15, 0.2) is 67.1 Å². The molecular weight excluding hydrogens is 379 g/mol. The Morgan fingerprint density at radius 3 is 2.45 bits per heavy atom. The highest BCUT2D eigenvalue weighted by molar-refractivity contribution is 5.90. The Balaban J connectivity index is 1.47. The molecule has 0 spiro atoms. The summed E-state index contributed by atoms with van der Waals surface area (Å²) in [6.45, 7) is 0. The largest absolute Gasteiger partial charge is 0.416 e. The molecular formula is C22H16F3N3O. The molecule has 146 valence electrons. The number of rotatable bonds is 4. The maximum Gasteiger partial charge on any atom is 0.416 e. The van der Waals surface area contributed by atoms with Crippen molar-refractivity contribution in [2.24, 2.45) is 0 Å². The Labute approximate surface area is 165 Å². The number of nitrogens with one attached hydrogen (secondary N) is 1. The summed E-state index contributed by atoms with van der Waals surface area (Å²) in [5, 5.41) is 2.85. The molecule has 0 bridgehead atoms. The molecule has 0 saturated carbocycles. The van der Waals surface area contributed by atoms with Gasteiger partial charge >= 0.3 is 6.18 Å². The molecule has 1 aromatic carbocycles. The molecule has 4 nitrogen and oxygen atoms in total. The van der Waals surface area contributed by atoms with Crippen LogP contribution in [0.5, 0.6) is 0 Å². The van der Waals surface area contributed by atoms with Crippen molar-refractivity contribution in [1.29, 1.82) is 0 Å². The number of hydrogen-bond acceptors (Lipinski definition) is 3. The van der Waals surface area contributed by atoms with Gasteiger partial charge in [0.2, 0.25) is 5.91 Å². The highest BCUT2D eigenvalue weighted by Gasteiger charge is 2.30. The van der Waals surface area contributed by atoms with Crippen molar-refractivity contribution in [2.75, 3.05) is 0 Å². The van der Waals surface area contributed by atoms with Gasteiger partial charge in [-0.15, -0.1) is 0 Å². The van der Waals surface area contributed by atoms with E-state index in [1.54, 1.807) is 18.6 Å². The molecule has 4 rings (SSSR count). The summed E-state index contributed by atoms with van der Waals surface area (Å²) in [6.07, 6.45) is 3.28. The van der Waals surface area contributed by atoms with E-state index in [4.69, 9.17) is 0 Å². The van der Waals surface area contributed by atoms with Crippen molar-refractivity contribution in [2.45, 2.75) is 19.0 Å². The summed E-state index contributed by atoms with van der Waals surface area (Å²) in [4.78, 5) is 20.9. The average molecular weight is 395 g/mol. The summed E-state index contributed by atoms with van der Waals surface area (Å²) >= 11 is 0. The molecule has 0 atom stereocenters. The molecule has 0 saturated heterocycles. The van der Waals surface area contributed by atoms with Gasteiger partial charge in [0.15, 0.2) is 0 Å². The van der Waals surface area contributed by atoms with Crippen molar-refractivity contribution in [1.82, 2.24) is 15.3 Å². The minimum Gasteiger partial charge on any atom is -0.325 e. The zero-order valence-corrected chi connectivity index (χ0v) is 15.2. The summed E-state index contributed by atoms with van der Waals surface area (Å²) in [7, 11) is 0. The first-order chi connectivity index (χ1) is 13.9. The smallest absolute Gasteiger partial charge is 0.325 e. The van der Waals surface area contributed by atoms with Crippen LogP contribution < -0.4 is 5.32 Å². The van der Waals surface area contributed by atoms with Gasteiger partial charge in [-0.3, -0.25) is 14.8 Å². The van der Waals surface area contributed by atoms with Crippen molar-refractivity contribution < 1.29 is 18.0 Å². The van der Waals surface area contributed by atoms with Crippen LogP contribution in [0.4, 0.5) is 13.2 Å². The van der Waals surface area contributed by atoms with Gasteiger partial charge in [-0.05, 0) is 41.5 Å². The lowest BCUT2D eigenvalue weighted by molar-refractivity contribution is -0.137. The second-order valence-electron chi connectivity index (χ2n) is 6.70. The molecule has 1 amide bonds. The molecule has 2 heterocycles. The monoisotopic (exact) mass is 395 g/mol. The minimum absolute atomic E-state index is 0.0116. The quantitative estimate of drug-likeness (QED) is 0.712. The maximum atomic E-state index is 12.7. The van der Waals surface area contributed by atoms with Crippen molar-refractivity contribution >= 4 is 11.6 Å². The lowest BCUT2D eigenvalue weighted by atomic mass is 10.1. The summed E-state index contributed by atoms with van der Waals surface area (Å²) in [6, 6.07) is 10.3. The van der Waals surface area contributed by atoms with Crippen LogP contribution >= 0.6 is 0 Å². The number of benzene rings is 1. The lowest BCUT2D eigenvalue weighted by Gasteiger charge is -2.11. The van der Waals surface area contributed by atoms with Crippen LogP contribution in [0, 0.1) is 0 Å². The molecule has 1 aliphatic carbocycles. The van der Waals surface area contributed by atoms with E-state index in [1.165, 1.54) is 12.1 Å². The third-order valence-corrected chi connectivity index (χ3v) is 4.69. The molecule has 29 heavy (non-hydrogen) atoms. The molecule has 0 fully saturated rings. The van der Waals surface area contributed by atoms with Crippen molar-refractivity contribution in [3.8, 4) is 11.1 Å². The van der Waals surface area contributed by atoms with Crippen LogP contribution in [0.1, 0.15) is 22.4 Å². The first-order valence-corrected chi connectivity index (χ1v) is 8.96. The highest BCUT2D eigenvalue weighted by atomic mass is 19.4. The number of nitrogens with zero attached hydrogens (tertiary/aromatic N) is 2. The van der Waals surface area contributed by atoms with E-state index in [1.807, 2.05) is 24.3 Å². The number of amides is 1. The van der Waals surface area contributed by atoms with E-state index < -0.39 is 11.7 Å². The van der Waals surface area contributed by atoms with E-state index >= 15 is 0 Å². The lowest BCUT2D eigenvalue weighted by Crippen LogP contribution is -2.23. The second-order valence-corrected chi connectivity index (χ2v) is 6.70. The Bertz CT molecular complexity index is 1070. The molecule has 0 radical (unpaired) electrons. The third-order valence-electron chi connectivity index (χ3n) is 4.69. The molecule has 1 aliphatic rings. The zero-order valence-electron chi connectivity index (χ0n) is 15.2. The van der Waals surface area contributed by atoms with E-state index in [0.29, 0.717) is 17.7 Å². The van der Waals surface area contributed by atoms with E-state index in [-0.39, 0.29) is 12.3 Å². The van der Waals surface area contributed by atoms with E-state index in [9.17, 15) is 18.0 Å².